The number of ether oxygens (including phenoxy) is 1. The van der Waals surface area contributed by atoms with Gasteiger partial charge in [0.25, 0.3) is 0 Å². The van der Waals surface area contributed by atoms with Gasteiger partial charge in [-0.2, -0.15) is 9.57 Å². The highest BCUT2D eigenvalue weighted by molar-refractivity contribution is 7.89. The molecule has 7 heteroatoms. The third-order valence-corrected chi connectivity index (χ3v) is 4.35. The largest absolute Gasteiger partial charge is 0.383 e. The minimum atomic E-state index is -3.81. The molecule has 0 saturated heterocycles. The van der Waals surface area contributed by atoms with Gasteiger partial charge in [0.1, 0.15) is 5.82 Å². The number of nitrogens with zero attached hydrogens (tertiary/aromatic N) is 2. The van der Waals surface area contributed by atoms with E-state index in [0.29, 0.717) is 0 Å². The predicted molar refractivity (Wildman–Crippen MR) is 67.3 cm³/mol. The van der Waals surface area contributed by atoms with Gasteiger partial charge in [0.15, 0.2) is 0 Å². The van der Waals surface area contributed by atoms with Crippen molar-refractivity contribution < 1.29 is 17.5 Å². The maximum Gasteiger partial charge on any atom is 0.243 e. The van der Waals surface area contributed by atoms with Crippen LogP contribution in [0, 0.1) is 17.1 Å². The second-order valence-electron chi connectivity index (χ2n) is 3.76. The van der Waals surface area contributed by atoms with E-state index in [9.17, 15) is 12.8 Å². The minimum absolute atomic E-state index is 0.0543. The lowest BCUT2D eigenvalue weighted by Crippen LogP contribution is -2.34. The van der Waals surface area contributed by atoms with E-state index in [4.69, 9.17) is 10.00 Å². The van der Waals surface area contributed by atoms with E-state index in [2.05, 4.69) is 0 Å². The van der Waals surface area contributed by atoms with Crippen molar-refractivity contribution in [3.8, 4) is 6.07 Å². The molecule has 1 aromatic carbocycles. The van der Waals surface area contributed by atoms with E-state index >= 15 is 0 Å². The van der Waals surface area contributed by atoms with Crippen molar-refractivity contribution in [1.82, 2.24) is 4.31 Å². The number of rotatable bonds is 7. The molecule has 1 rings (SSSR count). The Bertz CT molecular complexity index is 554. The summed E-state index contributed by atoms with van der Waals surface area (Å²) in [5.41, 5.74) is 0. The van der Waals surface area contributed by atoms with Crippen molar-refractivity contribution in [1.29, 1.82) is 5.26 Å². The van der Waals surface area contributed by atoms with Crippen molar-refractivity contribution in [3.63, 3.8) is 0 Å². The fourth-order valence-corrected chi connectivity index (χ4v) is 2.95. The topological polar surface area (TPSA) is 70.4 Å². The number of hydrogen-bond acceptors (Lipinski definition) is 4. The molecule has 0 fully saturated rings. The molecule has 0 N–H and O–H groups in total. The molecule has 0 spiro atoms. The first kappa shape index (κ1) is 15.6. The second kappa shape index (κ2) is 7.19. The SMILES string of the molecule is COCCN(CCC#N)S(=O)(=O)c1cccc(F)c1. The van der Waals surface area contributed by atoms with E-state index in [1.54, 1.807) is 0 Å². The Morgan fingerprint density at radius 2 is 2.16 bits per heavy atom. The molecule has 0 aliphatic rings. The van der Waals surface area contributed by atoms with Crippen molar-refractivity contribution in [2.45, 2.75) is 11.3 Å². The van der Waals surface area contributed by atoms with Gasteiger partial charge < -0.3 is 4.74 Å². The average Bonchev–Trinajstić information content (AvgIpc) is 2.38. The van der Waals surface area contributed by atoms with Crippen LogP contribution in [0.2, 0.25) is 0 Å². The normalized spacial score (nSPS) is 11.5. The zero-order valence-electron chi connectivity index (χ0n) is 10.5. The van der Waals surface area contributed by atoms with Gasteiger partial charge in [-0.15, -0.1) is 0 Å². The smallest absolute Gasteiger partial charge is 0.243 e. The third-order valence-electron chi connectivity index (χ3n) is 2.45. The van der Waals surface area contributed by atoms with E-state index in [-0.39, 0.29) is 31.0 Å². The first-order valence-electron chi connectivity index (χ1n) is 5.64. The van der Waals surface area contributed by atoms with Gasteiger partial charge in [-0.25, -0.2) is 12.8 Å². The number of halogens is 1. The number of hydrogen-bond donors (Lipinski definition) is 0. The summed E-state index contributed by atoms with van der Waals surface area (Å²) in [6, 6.07) is 6.68. The molecule has 0 aliphatic heterocycles. The molecule has 0 amide bonds. The molecule has 0 bridgehead atoms. The number of nitriles is 1. The highest BCUT2D eigenvalue weighted by Gasteiger charge is 2.24. The number of methoxy groups -OCH3 is 1. The fraction of sp³-hybridized carbons (Fsp3) is 0.417. The minimum Gasteiger partial charge on any atom is -0.383 e. The highest BCUT2D eigenvalue weighted by Crippen LogP contribution is 2.16. The van der Waals surface area contributed by atoms with Gasteiger partial charge in [0, 0.05) is 26.6 Å². The first-order chi connectivity index (χ1) is 9.02. The van der Waals surface area contributed by atoms with Crippen molar-refractivity contribution in [2.75, 3.05) is 26.8 Å². The fourth-order valence-electron chi connectivity index (χ4n) is 1.50. The van der Waals surface area contributed by atoms with Gasteiger partial charge >= 0.3 is 0 Å². The quantitative estimate of drug-likeness (QED) is 0.759. The van der Waals surface area contributed by atoms with Crippen LogP contribution < -0.4 is 0 Å². The van der Waals surface area contributed by atoms with Crippen molar-refractivity contribution >= 4 is 10.0 Å². The van der Waals surface area contributed by atoms with E-state index in [1.807, 2.05) is 6.07 Å². The Labute approximate surface area is 112 Å². The molecule has 0 saturated carbocycles. The molecule has 0 aliphatic carbocycles. The third kappa shape index (κ3) is 4.28. The van der Waals surface area contributed by atoms with Crippen LogP contribution in [0.5, 0.6) is 0 Å². The van der Waals surface area contributed by atoms with Crippen molar-refractivity contribution in [2.24, 2.45) is 0 Å². The Kier molecular flexibility index (Phi) is 5.89. The lowest BCUT2D eigenvalue weighted by molar-refractivity contribution is 0.179. The van der Waals surface area contributed by atoms with Crippen LogP contribution in [0.3, 0.4) is 0 Å². The van der Waals surface area contributed by atoms with Crippen molar-refractivity contribution in [3.05, 3.63) is 30.1 Å². The molecule has 0 aromatic heterocycles. The van der Waals surface area contributed by atoms with Crippen LogP contribution >= 0.6 is 0 Å². The monoisotopic (exact) mass is 286 g/mol. The molecular weight excluding hydrogens is 271 g/mol. The Hall–Kier alpha value is -1.49. The van der Waals surface area contributed by atoms with Crippen LogP contribution in [0.4, 0.5) is 4.39 Å². The van der Waals surface area contributed by atoms with Crippen LogP contribution in [-0.2, 0) is 14.8 Å². The predicted octanol–water partition coefficient (Wildman–Crippen LogP) is 1.38. The average molecular weight is 286 g/mol. The Balaban J connectivity index is 3.01. The molecular formula is C12H15FN2O3S. The molecule has 0 atom stereocenters. The van der Waals surface area contributed by atoms with Gasteiger partial charge in [-0.3, -0.25) is 0 Å². The maximum absolute atomic E-state index is 13.1. The summed E-state index contributed by atoms with van der Waals surface area (Å²) in [6.45, 7) is 0.385. The lowest BCUT2D eigenvalue weighted by atomic mass is 10.4. The standard InChI is InChI=1S/C12H15FN2O3S/c1-18-9-8-15(7-3-6-14)19(16,17)12-5-2-4-11(13)10-12/h2,4-5,10H,3,7-9H2,1H3. The number of benzene rings is 1. The summed E-state index contributed by atoms with van der Waals surface area (Å²) in [6.07, 6.45) is 0.0677. The summed E-state index contributed by atoms with van der Waals surface area (Å²) in [4.78, 5) is -0.124. The molecule has 0 heterocycles. The summed E-state index contributed by atoms with van der Waals surface area (Å²) in [5, 5.41) is 8.56. The highest BCUT2D eigenvalue weighted by atomic mass is 32.2. The molecule has 19 heavy (non-hydrogen) atoms. The van der Waals surface area contributed by atoms with Gasteiger partial charge in [-0.05, 0) is 18.2 Å². The molecule has 104 valence electrons. The summed E-state index contributed by atoms with van der Waals surface area (Å²) in [7, 11) is -2.35. The first-order valence-corrected chi connectivity index (χ1v) is 7.08. The van der Waals surface area contributed by atoms with E-state index in [0.717, 1.165) is 10.4 Å². The summed E-state index contributed by atoms with van der Waals surface area (Å²) >= 11 is 0. The van der Waals surface area contributed by atoms with Crippen LogP contribution in [0.25, 0.3) is 0 Å². The molecule has 0 unspecified atom stereocenters. The van der Waals surface area contributed by atoms with Gasteiger partial charge in [0.05, 0.1) is 17.6 Å². The Morgan fingerprint density at radius 1 is 1.42 bits per heavy atom. The molecule has 1 aromatic rings. The summed E-state index contributed by atoms with van der Waals surface area (Å²) in [5.74, 6) is -0.618. The van der Waals surface area contributed by atoms with Crippen LogP contribution in [0.1, 0.15) is 6.42 Å². The molecule has 0 radical (unpaired) electrons. The van der Waals surface area contributed by atoms with Gasteiger partial charge in [0.2, 0.25) is 10.0 Å². The zero-order valence-corrected chi connectivity index (χ0v) is 11.4. The lowest BCUT2D eigenvalue weighted by Gasteiger charge is -2.20. The van der Waals surface area contributed by atoms with Gasteiger partial charge in [-0.1, -0.05) is 6.07 Å². The summed E-state index contributed by atoms with van der Waals surface area (Å²) < 4.78 is 43.6. The van der Waals surface area contributed by atoms with E-state index in [1.165, 1.54) is 25.3 Å². The maximum atomic E-state index is 13.1. The second-order valence-corrected chi connectivity index (χ2v) is 5.70. The number of sulfonamides is 1. The van der Waals surface area contributed by atoms with Crippen LogP contribution in [0.15, 0.2) is 29.2 Å². The van der Waals surface area contributed by atoms with Crippen LogP contribution in [-0.4, -0.2) is 39.5 Å². The zero-order chi connectivity index (χ0) is 14.3. The Morgan fingerprint density at radius 3 is 2.74 bits per heavy atom. The molecule has 5 nitrogen and oxygen atoms in total. The van der Waals surface area contributed by atoms with E-state index < -0.39 is 15.8 Å².